The number of benzene rings is 11. The highest BCUT2D eigenvalue weighted by molar-refractivity contribution is 7.20. The molecule has 3 aromatic heterocycles. The minimum atomic E-state index is -2.81. The molecule has 11 aromatic carbocycles. The van der Waals surface area contributed by atoms with Gasteiger partial charge in [-0.2, -0.15) is 0 Å². The smallest absolute Gasteiger partial charge is 0.179 e. The Morgan fingerprint density at radius 3 is 1.27 bits per heavy atom. The molecule has 4 heteroatoms. The van der Waals surface area contributed by atoms with Gasteiger partial charge in [0.15, 0.2) is 8.07 Å². The van der Waals surface area contributed by atoms with Crippen LogP contribution in [-0.4, -0.2) is 21.8 Å². The highest BCUT2D eigenvalue weighted by atomic mass is 28.3. The van der Waals surface area contributed by atoms with Crippen LogP contribution in [0.2, 0.25) is 0 Å². The van der Waals surface area contributed by atoms with E-state index in [1.807, 2.05) is 0 Å². The van der Waals surface area contributed by atoms with Crippen molar-refractivity contribution < 1.29 is 0 Å². The molecule has 14 aromatic rings. The van der Waals surface area contributed by atoms with E-state index in [1.165, 1.54) is 86.3 Å². The molecule has 0 fully saturated rings. The molecule has 0 amide bonds. The van der Waals surface area contributed by atoms with E-state index < -0.39 is 8.07 Å². The Morgan fingerprint density at radius 2 is 0.657 bits per heavy atom. The third-order valence-corrected chi connectivity index (χ3v) is 19.5. The Kier molecular flexibility index (Phi) is 9.23. The third-order valence-electron chi connectivity index (χ3n) is 14.8. The SMILES string of the molecule is c1ccc(-c2cccc(-n3c4ccc(-n5c6ccccc6c6ccccc65)cc4c4cccc(-n5c6ccccc6c6cc([Si](c7ccccc7)(c7ccccc7)c7ccccc7)ccc65)c43)c2)cc1. The Balaban J connectivity index is 1.07. The maximum Gasteiger partial charge on any atom is 0.179 e. The summed E-state index contributed by atoms with van der Waals surface area (Å²) in [6, 6.07) is 101. The van der Waals surface area contributed by atoms with Crippen LogP contribution in [0, 0.1) is 0 Å². The lowest BCUT2D eigenvalue weighted by Gasteiger charge is -2.34. The van der Waals surface area contributed by atoms with Crippen molar-refractivity contribution in [1.29, 1.82) is 0 Å². The van der Waals surface area contributed by atoms with E-state index in [1.54, 1.807) is 0 Å². The van der Waals surface area contributed by atoms with Crippen molar-refractivity contribution in [2.75, 3.05) is 0 Å². The van der Waals surface area contributed by atoms with E-state index in [0.29, 0.717) is 0 Å². The summed E-state index contributed by atoms with van der Waals surface area (Å²) in [5, 5.41) is 12.8. The van der Waals surface area contributed by atoms with Crippen LogP contribution in [0.25, 0.3) is 93.6 Å². The van der Waals surface area contributed by atoms with Gasteiger partial charge < -0.3 is 13.7 Å². The quantitative estimate of drug-likeness (QED) is 0.107. The van der Waals surface area contributed by atoms with Gasteiger partial charge in [-0.15, -0.1) is 0 Å². The molecule has 0 aliphatic rings. The zero-order chi connectivity index (χ0) is 46.2. The lowest BCUT2D eigenvalue weighted by atomic mass is 10.1. The van der Waals surface area contributed by atoms with E-state index in [4.69, 9.17) is 0 Å². The van der Waals surface area contributed by atoms with Crippen LogP contribution in [0.15, 0.2) is 273 Å². The van der Waals surface area contributed by atoms with Gasteiger partial charge in [-0.1, -0.05) is 212 Å². The second-order valence-electron chi connectivity index (χ2n) is 18.4. The number of hydrogen-bond donors (Lipinski definition) is 0. The molecule has 70 heavy (non-hydrogen) atoms. The molecule has 0 spiro atoms. The topological polar surface area (TPSA) is 14.8 Å². The van der Waals surface area contributed by atoms with E-state index in [9.17, 15) is 0 Å². The number of rotatable bonds is 8. The fourth-order valence-corrected chi connectivity index (χ4v) is 16.6. The number of nitrogens with zero attached hydrogens (tertiary/aromatic N) is 3. The normalized spacial score (nSPS) is 12.0. The highest BCUT2D eigenvalue weighted by Crippen LogP contribution is 2.42. The molecular weight excluding hydrogens is 863 g/mol. The maximum atomic E-state index is 2.53. The maximum absolute atomic E-state index is 2.81. The van der Waals surface area contributed by atoms with Crippen molar-refractivity contribution in [1.82, 2.24) is 13.7 Å². The first kappa shape index (κ1) is 40.1. The highest BCUT2D eigenvalue weighted by Gasteiger charge is 2.41. The van der Waals surface area contributed by atoms with Gasteiger partial charge in [-0.25, -0.2) is 0 Å². The molecule has 0 aliphatic heterocycles. The molecule has 0 saturated carbocycles. The summed E-state index contributed by atoms with van der Waals surface area (Å²) in [6.07, 6.45) is 0. The number of hydrogen-bond acceptors (Lipinski definition) is 0. The average molecular weight is 908 g/mol. The minimum Gasteiger partial charge on any atom is -0.309 e. The molecule has 0 aliphatic carbocycles. The van der Waals surface area contributed by atoms with Crippen molar-refractivity contribution in [3.63, 3.8) is 0 Å². The first-order chi connectivity index (χ1) is 34.8. The molecule has 0 bridgehead atoms. The van der Waals surface area contributed by atoms with E-state index in [0.717, 1.165) is 28.1 Å². The van der Waals surface area contributed by atoms with Crippen LogP contribution < -0.4 is 20.7 Å². The van der Waals surface area contributed by atoms with Crippen molar-refractivity contribution in [3.05, 3.63) is 273 Å². The minimum absolute atomic E-state index is 1.12. The van der Waals surface area contributed by atoms with Gasteiger partial charge in [0.2, 0.25) is 0 Å². The Labute approximate surface area is 407 Å². The Bertz CT molecular complexity index is 4130. The molecule has 3 nitrogen and oxygen atoms in total. The molecule has 0 radical (unpaired) electrons. The predicted octanol–water partition coefficient (Wildman–Crippen LogP) is 14.0. The van der Waals surface area contributed by atoms with Crippen LogP contribution in [0.4, 0.5) is 0 Å². The zero-order valence-electron chi connectivity index (χ0n) is 38.3. The van der Waals surface area contributed by atoms with Crippen molar-refractivity contribution in [3.8, 4) is 28.2 Å². The molecule has 0 N–H and O–H groups in total. The van der Waals surface area contributed by atoms with Crippen molar-refractivity contribution in [2.24, 2.45) is 0 Å². The fraction of sp³-hybridized carbons (Fsp3) is 0. The molecule has 0 atom stereocenters. The Hall–Kier alpha value is -8.96. The van der Waals surface area contributed by atoms with Gasteiger partial charge >= 0.3 is 0 Å². The van der Waals surface area contributed by atoms with Gasteiger partial charge in [0, 0.05) is 43.7 Å². The summed E-state index contributed by atoms with van der Waals surface area (Å²) in [6.45, 7) is 0. The Morgan fingerprint density at radius 1 is 0.229 bits per heavy atom. The van der Waals surface area contributed by atoms with Gasteiger partial charge in [0.05, 0.1) is 38.8 Å². The van der Waals surface area contributed by atoms with Crippen LogP contribution in [0.1, 0.15) is 0 Å². The zero-order valence-corrected chi connectivity index (χ0v) is 39.3. The summed E-state index contributed by atoms with van der Waals surface area (Å²) < 4.78 is 7.47. The first-order valence-corrected chi connectivity index (χ1v) is 26.2. The molecule has 3 heterocycles. The second-order valence-corrected chi connectivity index (χ2v) is 22.2. The summed E-state index contributed by atoms with van der Waals surface area (Å²) in [5.41, 5.74) is 12.8. The van der Waals surface area contributed by atoms with Crippen LogP contribution in [0.3, 0.4) is 0 Å². The van der Waals surface area contributed by atoms with Gasteiger partial charge in [0.1, 0.15) is 0 Å². The monoisotopic (exact) mass is 907 g/mol. The van der Waals surface area contributed by atoms with Gasteiger partial charge in [0.25, 0.3) is 0 Å². The standard InChI is InChI=1S/C66H45N3Si/c1-5-21-46(22-6-1)47-23-19-24-48(43-47)68-63-41-39-49(67-60-35-16-13-31-54(60)55-32-14-17-36-61(55)67)44-58(63)57-34-20-38-65(66(57)68)69-62-37-18-15-33-56(62)59-45-53(40-42-64(59)69)70(50-25-7-2-8-26-50,51-27-9-3-10-28-51)52-29-11-4-12-30-52/h1-45H. The second kappa shape index (κ2) is 16.1. The van der Waals surface area contributed by atoms with Crippen molar-refractivity contribution >= 4 is 94.2 Å². The summed E-state index contributed by atoms with van der Waals surface area (Å²) in [4.78, 5) is 0. The van der Waals surface area contributed by atoms with Crippen molar-refractivity contribution in [2.45, 2.75) is 0 Å². The van der Waals surface area contributed by atoms with Crippen LogP contribution in [-0.2, 0) is 0 Å². The number of aromatic nitrogens is 3. The van der Waals surface area contributed by atoms with E-state index in [-0.39, 0.29) is 0 Å². The molecule has 14 rings (SSSR count). The van der Waals surface area contributed by atoms with E-state index >= 15 is 0 Å². The largest absolute Gasteiger partial charge is 0.309 e. The third kappa shape index (κ3) is 6.00. The van der Waals surface area contributed by atoms with Crippen LogP contribution in [0.5, 0.6) is 0 Å². The number of para-hydroxylation sites is 4. The first-order valence-electron chi connectivity index (χ1n) is 24.2. The summed E-state index contributed by atoms with van der Waals surface area (Å²) in [5.74, 6) is 0. The van der Waals surface area contributed by atoms with Gasteiger partial charge in [-0.05, 0) is 92.5 Å². The lowest BCUT2D eigenvalue weighted by Crippen LogP contribution is -2.74. The lowest BCUT2D eigenvalue weighted by molar-refractivity contribution is 1.13. The molecule has 0 saturated heterocycles. The summed E-state index contributed by atoms with van der Waals surface area (Å²) in [7, 11) is -2.81. The molecule has 0 unspecified atom stereocenters. The molecule has 328 valence electrons. The van der Waals surface area contributed by atoms with Crippen LogP contribution >= 0.6 is 0 Å². The summed E-state index contributed by atoms with van der Waals surface area (Å²) >= 11 is 0. The predicted molar refractivity (Wildman–Crippen MR) is 299 cm³/mol. The van der Waals surface area contributed by atoms with Gasteiger partial charge in [-0.3, -0.25) is 0 Å². The fourth-order valence-electron chi connectivity index (χ4n) is 11.8. The average Bonchev–Trinajstić information content (AvgIpc) is 4.08. The number of fused-ring (bicyclic) bond motifs is 9. The van der Waals surface area contributed by atoms with E-state index in [2.05, 4.69) is 287 Å². The molecular formula is C66H45N3Si.